The molecule has 0 aliphatic carbocycles. The molecule has 1 N–H and O–H groups in total. The number of alkyl halides is 4. The van der Waals surface area contributed by atoms with Crippen molar-refractivity contribution in [3.05, 3.63) is 76.6 Å². The second-order valence-electron chi connectivity index (χ2n) is 6.76. The van der Waals surface area contributed by atoms with Gasteiger partial charge in [-0.05, 0) is 41.3 Å². The molecule has 1 atom stereocenters. The summed E-state index contributed by atoms with van der Waals surface area (Å²) in [5.74, 6) is -0.433. The van der Waals surface area contributed by atoms with Crippen molar-refractivity contribution in [3.63, 3.8) is 0 Å². The number of halogens is 4. The topological polar surface area (TPSA) is 47.3 Å². The Morgan fingerprint density at radius 3 is 2.53 bits per heavy atom. The predicted octanol–water partition coefficient (Wildman–Crippen LogP) is 5.39. The summed E-state index contributed by atoms with van der Waals surface area (Å²) < 4.78 is 57.4. The van der Waals surface area contributed by atoms with Gasteiger partial charge < -0.3 is 9.84 Å². The number of nitrogens with zero attached hydrogens (tertiary/aromatic N) is 2. The van der Waals surface area contributed by atoms with Crippen LogP contribution in [0.2, 0.25) is 0 Å². The zero-order chi connectivity index (χ0) is 21.4. The zero-order valence-corrected chi connectivity index (χ0v) is 16.3. The van der Waals surface area contributed by atoms with E-state index < -0.39 is 24.4 Å². The summed E-state index contributed by atoms with van der Waals surface area (Å²) >= 11 is 0.964. The van der Waals surface area contributed by atoms with Crippen molar-refractivity contribution in [3.8, 4) is 11.4 Å². The minimum absolute atomic E-state index is 0.104. The number of fused-ring (bicyclic) bond motifs is 1. The van der Waals surface area contributed by atoms with E-state index >= 15 is 0 Å². The Morgan fingerprint density at radius 2 is 1.83 bits per heavy atom. The van der Waals surface area contributed by atoms with Crippen molar-refractivity contribution in [2.75, 3.05) is 6.67 Å². The molecule has 0 radical (unpaired) electrons. The summed E-state index contributed by atoms with van der Waals surface area (Å²) in [6, 6.07) is 15.4. The molecule has 0 fully saturated rings. The molecule has 30 heavy (non-hydrogen) atoms. The van der Waals surface area contributed by atoms with Gasteiger partial charge in [0.25, 0.3) is 0 Å². The summed E-state index contributed by atoms with van der Waals surface area (Å²) in [6.45, 7) is -1.17. The van der Waals surface area contributed by atoms with Crippen LogP contribution in [0.4, 0.5) is 17.6 Å². The van der Waals surface area contributed by atoms with E-state index in [-0.39, 0.29) is 16.9 Å². The highest BCUT2D eigenvalue weighted by Crippen LogP contribution is 2.37. The van der Waals surface area contributed by atoms with Crippen molar-refractivity contribution in [2.24, 2.45) is 0 Å². The molecule has 0 spiro atoms. The Labute approximate surface area is 173 Å². The van der Waals surface area contributed by atoms with Crippen LogP contribution in [0, 0.1) is 0 Å². The lowest BCUT2D eigenvalue weighted by atomic mass is 9.90. The lowest BCUT2D eigenvalue weighted by Gasteiger charge is -2.25. The first-order valence-corrected chi connectivity index (χ1v) is 9.81. The second kappa shape index (κ2) is 7.73. The van der Waals surface area contributed by atoms with Crippen LogP contribution in [0.1, 0.15) is 10.4 Å². The van der Waals surface area contributed by atoms with Crippen LogP contribution >= 0.6 is 11.3 Å². The molecule has 2 aromatic carbocycles. The fraction of sp³-hybridized carbons (Fsp3) is 0.190. The summed E-state index contributed by atoms with van der Waals surface area (Å²) in [6.07, 6.45) is -3.63. The van der Waals surface area contributed by atoms with Crippen LogP contribution in [0.3, 0.4) is 0 Å². The first-order valence-electron chi connectivity index (χ1n) is 8.93. The fourth-order valence-electron chi connectivity index (χ4n) is 3.26. The molecular weight excluding hydrogens is 420 g/mol. The van der Waals surface area contributed by atoms with Crippen LogP contribution in [-0.4, -0.2) is 27.9 Å². The smallest absolute Gasteiger partial charge is 0.405 e. The Kier molecular flexibility index (Phi) is 5.25. The summed E-state index contributed by atoms with van der Waals surface area (Å²) in [4.78, 5) is 0.104. The van der Waals surface area contributed by atoms with Gasteiger partial charge in [0.1, 0.15) is 18.0 Å². The maximum absolute atomic E-state index is 13.9. The van der Waals surface area contributed by atoms with Gasteiger partial charge in [0.15, 0.2) is 0 Å². The number of thiophene rings is 1. The van der Waals surface area contributed by atoms with Gasteiger partial charge in [-0.2, -0.15) is 5.10 Å². The maximum Gasteiger partial charge on any atom is 0.573 e. The molecule has 4 nitrogen and oxygen atoms in total. The second-order valence-corrected chi connectivity index (χ2v) is 7.76. The number of para-hydroxylation sites is 1. The monoisotopic (exact) mass is 436 g/mol. The molecule has 1 unspecified atom stereocenters. The largest absolute Gasteiger partial charge is 0.573 e. The minimum atomic E-state index is -4.87. The van der Waals surface area contributed by atoms with E-state index in [4.69, 9.17) is 0 Å². The van der Waals surface area contributed by atoms with Gasteiger partial charge in [-0.3, -0.25) is 0 Å². The van der Waals surface area contributed by atoms with Crippen LogP contribution in [-0.2, 0) is 12.0 Å². The lowest BCUT2D eigenvalue weighted by molar-refractivity contribution is -0.274. The summed E-state index contributed by atoms with van der Waals surface area (Å²) in [5, 5.41) is 17.4. The number of aromatic nitrogens is 2. The molecular formula is C21H16F4N2O2S. The zero-order valence-electron chi connectivity index (χ0n) is 15.4. The predicted molar refractivity (Wildman–Crippen MR) is 106 cm³/mol. The van der Waals surface area contributed by atoms with Gasteiger partial charge in [0, 0.05) is 11.8 Å². The van der Waals surface area contributed by atoms with Gasteiger partial charge in [-0.25, -0.2) is 9.07 Å². The third kappa shape index (κ3) is 4.03. The quantitative estimate of drug-likeness (QED) is 0.413. The average Bonchev–Trinajstić information content (AvgIpc) is 3.33. The van der Waals surface area contributed by atoms with Gasteiger partial charge in [-0.1, -0.05) is 24.3 Å². The molecule has 0 amide bonds. The highest BCUT2D eigenvalue weighted by molar-refractivity contribution is 7.10. The van der Waals surface area contributed by atoms with Gasteiger partial charge in [0.05, 0.1) is 22.3 Å². The lowest BCUT2D eigenvalue weighted by Crippen LogP contribution is -2.31. The molecule has 156 valence electrons. The molecule has 0 bridgehead atoms. The van der Waals surface area contributed by atoms with Crippen LogP contribution in [0.5, 0.6) is 5.75 Å². The van der Waals surface area contributed by atoms with E-state index in [9.17, 15) is 22.7 Å². The summed E-state index contributed by atoms with van der Waals surface area (Å²) in [7, 11) is 0. The Balaban J connectivity index is 1.67. The fourth-order valence-corrected chi connectivity index (χ4v) is 4.17. The third-order valence-corrected chi connectivity index (χ3v) is 5.61. The Morgan fingerprint density at radius 1 is 1.07 bits per heavy atom. The number of hydrogen-bond acceptors (Lipinski definition) is 4. The molecule has 4 aromatic rings. The molecule has 0 saturated carbocycles. The van der Waals surface area contributed by atoms with Crippen LogP contribution in [0.25, 0.3) is 16.6 Å². The van der Waals surface area contributed by atoms with Crippen LogP contribution in [0.15, 0.2) is 66.2 Å². The first-order chi connectivity index (χ1) is 14.3. The molecule has 0 aliphatic heterocycles. The van der Waals surface area contributed by atoms with Gasteiger partial charge >= 0.3 is 6.36 Å². The van der Waals surface area contributed by atoms with Crippen molar-refractivity contribution in [1.29, 1.82) is 0 Å². The van der Waals surface area contributed by atoms with E-state index in [2.05, 4.69) is 9.84 Å². The molecule has 4 rings (SSSR count). The van der Waals surface area contributed by atoms with E-state index in [1.165, 1.54) is 5.38 Å². The standard InChI is InChI=1S/C21H16F4N2O2S/c22-13-20(28,11-19-18(8-9-30-19)29-21(23,24)25)15-6-7-17-14(10-15)12-26-27(17)16-4-2-1-3-5-16/h1-10,12,28H,11,13H2. The summed E-state index contributed by atoms with van der Waals surface area (Å²) in [5.41, 5.74) is -0.161. The Hall–Kier alpha value is -2.91. The highest BCUT2D eigenvalue weighted by atomic mass is 32.1. The van der Waals surface area contributed by atoms with E-state index in [1.54, 1.807) is 29.1 Å². The maximum atomic E-state index is 13.9. The van der Waals surface area contributed by atoms with Crippen molar-refractivity contribution in [2.45, 2.75) is 18.4 Å². The highest BCUT2D eigenvalue weighted by Gasteiger charge is 2.36. The number of rotatable bonds is 6. The average molecular weight is 436 g/mol. The first kappa shape index (κ1) is 20.4. The SMILES string of the molecule is OC(CF)(Cc1sccc1OC(F)(F)F)c1ccc2c(cnn2-c2ccccc2)c1. The molecule has 2 heterocycles. The number of benzene rings is 2. The van der Waals surface area contributed by atoms with Crippen molar-refractivity contribution < 1.29 is 27.4 Å². The number of ether oxygens (including phenoxy) is 1. The Bertz CT molecular complexity index is 1160. The normalized spacial score (nSPS) is 14.0. The molecule has 0 saturated heterocycles. The van der Waals surface area contributed by atoms with Gasteiger partial charge in [0.2, 0.25) is 0 Å². The third-order valence-electron chi connectivity index (χ3n) is 4.71. The molecule has 0 aliphatic rings. The van der Waals surface area contributed by atoms with Gasteiger partial charge in [-0.15, -0.1) is 24.5 Å². The van der Waals surface area contributed by atoms with E-state index in [1.807, 2.05) is 30.3 Å². The van der Waals surface area contributed by atoms with E-state index in [0.717, 1.165) is 28.6 Å². The van der Waals surface area contributed by atoms with Crippen LogP contribution < -0.4 is 4.74 Å². The van der Waals surface area contributed by atoms with Crippen molar-refractivity contribution >= 4 is 22.2 Å². The molecule has 9 heteroatoms. The number of hydrogen-bond donors (Lipinski definition) is 1. The minimum Gasteiger partial charge on any atom is -0.405 e. The van der Waals surface area contributed by atoms with Crippen molar-refractivity contribution in [1.82, 2.24) is 9.78 Å². The molecule has 2 aromatic heterocycles. The van der Waals surface area contributed by atoms with E-state index in [0.29, 0.717) is 5.39 Å². The number of aliphatic hydroxyl groups is 1.